The first-order valence-electron chi connectivity index (χ1n) is 5.26. The van der Waals surface area contributed by atoms with Crippen LogP contribution in [-0.4, -0.2) is 10.2 Å². The highest BCUT2D eigenvalue weighted by molar-refractivity contribution is 8.26. The number of nitrogens with one attached hydrogen (secondary N) is 1. The molecule has 1 saturated heterocycles. The Balaban J connectivity index is 2.42. The standard InChI is InChI=1S/C12H10F3NOS/c1-6-2-3-7(4-9(6)12(13,14)15)8-5-10(17)18-11(8)16/h2-4,8,16H,5H2,1H3. The summed E-state index contributed by atoms with van der Waals surface area (Å²) >= 11 is 0.804. The summed E-state index contributed by atoms with van der Waals surface area (Å²) in [5, 5.41) is 7.57. The fourth-order valence-electron chi connectivity index (χ4n) is 1.93. The van der Waals surface area contributed by atoms with Gasteiger partial charge < -0.3 is 0 Å². The molecule has 1 unspecified atom stereocenters. The average Bonchev–Trinajstić information content (AvgIpc) is 2.57. The van der Waals surface area contributed by atoms with Crippen LogP contribution in [0.5, 0.6) is 0 Å². The van der Waals surface area contributed by atoms with Crippen LogP contribution in [0.1, 0.15) is 29.0 Å². The van der Waals surface area contributed by atoms with E-state index in [0.29, 0.717) is 5.56 Å². The molecule has 1 N–H and O–H groups in total. The Morgan fingerprint density at radius 3 is 2.56 bits per heavy atom. The summed E-state index contributed by atoms with van der Waals surface area (Å²) in [6.45, 7) is 1.40. The quantitative estimate of drug-likeness (QED) is 0.846. The number of alkyl halides is 3. The van der Waals surface area contributed by atoms with E-state index in [1.54, 1.807) is 6.07 Å². The molecule has 0 amide bonds. The van der Waals surface area contributed by atoms with Crippen molar-refractivity contribution in [1.82, 2.24) is 0 Å². The van der Waals surface area contributed by atoms with E-state index in [1.807, 2.05) is 0 Å². The summed E-state index contributed by atoms with van der Waals surface area (Å²) in [5.74, 6) is -0.524. The molecule has 96 valence electrons. The molecule has 1 aliphatic rings. The van der Waals surface area contributed by atoms with Crippen molar-refractivity contribution in [1.29, 1.82) is 5.41 Å². The van der Waals surface area contributed by atoms with E-state index < -0.39 is 17.7 Å². The van der Waals surface area contributed by atoms with Crippen molar-refractivity contribution in [2.75, 3.05) is 0 Å². The third kappa shape index (κ3) is 2.43. The third-order valence-electron chi connectivity index (χ3n) is 2.88. The summed E-state index contributed by atoms with van der Waals surface area (Å²) in [6, 6.07) is 4.00. The molecule has 0 spiro atoms. The van der Waals surface area contributed by atoms with Gasteiger partial charge in [0.25, 0.3) is 0 Å². The van der Waals surface area contributed by atoms with Crippen molar-refractivity contribution in [3.05, 3.63) is 34.9 Å². The second kappa shape index (κ2) is 4.42. The van der Waals surface area contributed by atoms with Crippen molar-refractivity contribution in [3.63, 3.8) is 0 Å². The zero-order valence-electron chi connectivity index (χ0n) is 9.47. The van der Waals surface area contributed by atoms with Crippen LogP contribution in [0, 0.1) is 12.3 Å². The van der Waals surface area contributed by atoms with E-state index in [1.165, 1.54) is 13.0 Å². The predicted octanol–water partition coefficient (Wildman–Crippen LogP) is 3.74. The number of hydrogen-bond donors (Lipinski definition) is 1. The maximum atomic E-state index is 12.8. The zero-order valence-corrected chi connectivity index (χ0v) is 10.3. The fourth-order valence-corrected chi connectivity index (χ4v) is 2.78. The van der Waals surface area contributed by atoms with E-state index in [4.69, 9.17) is 5.41 Å². The second-order valence-electron chi connectivity index (χ2n) is 4.17. The van der Waals surface area contributed by atoms with Crippen molar-refractivity contribution in [2.24, 2.45) is 0 Å². The molecule has 1 aliphatic heterocycles. The molecule has 0 bridgehead atoms. The first-order chi connectivity index (χ1) is 8.29. The smallest absolute Gasteiger partial charge is 0.297 e. The normalized spacial score (nSPS) is 20.6. The largest absolute Gasteiger partial charge is 0.416 e. The molecule has 1 aromatic rings. The van der Waals surface area contributed by atoms with Gasteiger partial charge in [0.1, 0.15) is 0 Å². The minimum Gasteiger partial charge on any atom is -0.297 e. The molecule has 2 rings (SSSR count). The van der Waals surface area contributed by atoms with E-state index >= 15 is 0 Å². The predicted molar refractivity (Wildman–Crippen MR) is 63.9 cm³/mol. The Hall–Kier alpha value is -1.30. The van der Waals surface area contributed by atoms with Gasteiger partial charge in [-0.2, -0.15) is 13.2 Å². The van der Waals surface area contributed by atoms with Gasteiger partial charge in [0.2, 0.25) is 0 Å². The highest BCUT2D eigenvalue weighted by Crippen LogP contribution is 2.39. The van der Waals surface area contributed by atoms with Crippen LogP contribution in [0.2, 0.25) is 0 Å². The van der Waals surface area contributed by atoms with Crippen LogP contribution in [0.15, 0.2) is 18.2 Å². The Labute approximate surface area is 106 Å². The lowest BCUT2D eigenvalue weighted by Crippen LogP contribution is -2.10. The molecule has 6 heteroatoms. The summed E-state index contributed by atoms with van der Waals surface area (Å²) < 4.78 is 38.3. The summed E-state index contributed by atoms with van der Waals surface area (Å²) in [4.78, 5) is 11.2. The molecule has 2 nitrogen and oxygen atoms in total. The first kappa shape index (κ1) is 13.1. The van der Waals surface area contributed by atoms with Gasteiger partial charge in [-0.1, -0.05) is 12.1 Å². The number of aryl methyl sites for hydroxylation is 1. The first-order valence-corrected chi connectivity index (χ1v) is 6.07. The molecule has 0 aromatic heterocycles. The Kier molecular flexibility index (Phi) is 3.23. The molecule has 0 aliphatic carbocycles. The lowest BCUT2D eigenvalue weighted by molar-refractivity contribution is -0.138. The third-order valence-corrected chi connectivity index (χ3v) is 3.78. The Bertz CT molecular complexity index is 525. The van der Waals surface area contributed by atoms with Crippen molar-refractivity contribution < 1.29 is 18.0 Å². The van der Waals surface area contributed by atoms with Gasteiger partial charge >= 0.3 is 6.18 Å². The highest BCUT2D eigenvalue weighted by Gasteiger charge is 2.35. The zero-order chi connectivity index (χ0) is 13.5. The minimum absolute atomic E-state index is 0.101. The van der Waals surface area contributed by atoms with Gasteiger partial charge in [-0.25, -0.2) is 0 Å². The van der Waals surface area contributed by atoms with Gasteiger partial charge in [0.15, 0.2) is 5.12 Å². The number of carbonyl (C=O) groups is 1. The molecular weight excluding hydrogens is 263 g/mol. The van der Waals surface area contributed by atoms with Crippen LogP contribution in [0.3, 0.4) is 0 Å². The number of carbonyl (C=O) groups excluding carboxylic acids is 1. The van der Waals surface area contributed by atoms with Crippen molar-refractivity contribution in [2.45, 2.75) is 25.4 Å². The highest BCUT2D eigenvalue weighted by atomic mass is 32.2. The van der Waals surface area contributed by atoms with Crippen LogP contribution in [0.25, 0.3) is 0 Å². The lowest BCUT2D eigenvalue weighted by atomic mass is 9.94. The molecule has 0 radical (unpaired) electrons. The summed E-state index contributed by atoms with van der Waals surface area (Å²) in [5.41, 5.74) is -0.164. The monoisotopic (exact) mass is 273 g/mol. The van der Waals surface area contributed by atoms with E-state index in [2.05, 4.69) is 0 Å². The van der Waals surface area contributed by atoms with Gasteiger partial charge in [0, 0.05) is 12.3 Å². The number of benzene rings is 1. The Morgan fingerprint density at radius 2 is 2.06 bits per heavy atom. The Morgan fingerprint density at radius 1 is 1.39 bits per heavy atom. The number of halogens is 3. The molecule has 1 atom stereocenters. The molecule has 1 aromatic carbocycles. The van der Waals surface area contributed by atoms with E-state index in [9.17, 15) is 18.0 Å². The summed E-state index contributed by atoms with van der Waals surface area (Å²) in [7, 11) is 0. The van der Waals surface area contributed by atoms with Crippen LogP contribution < -0.4 is 0 Å². The minimum atomic E-state index is -4.40. The number of thioether (sulfide) groups is 1. The molecule has 18 heavy (non-hydrogen) atoms. The van der Waals surface area contributed by atoms with Gasteiger partial charge in [-0.3, -0.25) is 10.2 Å². The second-order valence-corrected chi connectivity index (χ2v) is 5.27. The topological polar surface area (TPSA) is 40.9 Å². The van der Waals surface area contributed by atoms with Crippen LogP contribution >= 0.6 is 11.8 Å². The van der Waals surface area contributed by atoms with Gasteiger partial charge in [-0.15, -0.1) is 0 Å². The van der Waals surface area contributed by atoms with Crippen LogP contribution in [-0.2, 0) is 11.0 Å². The maximum absolute atomic E-state index is 12.8. The van der Waals surface area contributed by atoms with Gasteiger partial charge in [0.05, 0.1) is 10.6 Å². The molecule has 1 fully saturated rings. The number of hydrogen-bond acceptors (Lipinski definition) is 3. The average molecular weight is 273 g/mol. The summed E-state index contributed by atoms with van der Waals surface area (Å²) in [6.07, 6.45) is -4.30. The molecule has 0 saturated carbocycles. The van der Waals surface area contributed by atoms with Crippen molar-refractivity contribution >= 4 is 21.9 Å². The fraction of sp³-hybridized carbons (Fsp3) is 0.333. The van der Waals surface area contributed by atoms with Crippen molar-refractivity contribution in [3.8, 4) is 0 Å². The van der Waals surface area contributed by atoms with E-state index in [-0.39, 0.29) is 22.1 Å². The molecular formula is C12H10F3NOS. The molecule has 1 heterocycles. The van der Waals surface area contributed by atoms with Crippen LogP contribution in [0.4, 0.5) is 13.2 Å². The van der Waals surface area contributed by atoms with Gasteiger partial charge in [-0.05, 0) is 35.9 Å². The lowest BCUT2D eigenvalue weighted by Gasteiger charge is -2.14. The maximum Gasteiger partial charge on any atom is 0.416 e. The number of rotatable bonds is 1. The SMILES string of the molecule is Cc1ccc(C2CC(=O)SC2=N)cc1C(F)(F)F. The van der Waals surface area contributed by atoms with E-state index in [0.717, 1.165) is 17.8 Å².